The topological polar surface area (TPSA) is 73.2 Å². The summed E-state index contributed by atoms with van der Waals surface area (Å²) in [5, 5.41) is 4.13. The predicted octanol–water partition coefficient (Wildman–Crippen LogP) is 5.87. The molecule has 0 aliphatic rings. The van der Waals surface area contributed by atoms with Crippen LogP contribution >= 0.6 is 34.8 Å². The number of Topliss-reactive ketones (excluding diaryl/α,β-unsaturated/α-hetero) is 1. The number of hydrogen-bond acceptors (Lipinski definition) is 4. The first-order valence-corrected chi connectivity index (χ1v) is 10.6. The number of amides is 1. The Balaban J connectivity index is 1.80. The zero-order valence-corrected chi connectivity index (χ0v) is 19.0. The van der Waals surface area contributed by atoms with Gasteiger partial charge in [0.2, 0.25) is 0 Å². The molecule has 0 atom stereocenters. The molecule has 162 valence electrons. The minimum absolute atomic E-state index is 0.0760. The van der Waals surface area contributed by atoms with Crippen LogP contribution in [0.1, 0.15) is 15.9 Å². The first-order chi connectivity index (χ1) is 15.4. The van der Waals surface area contributed by atoms with Crippen molar-refractivity contribution in [1.29, 1.82) is 0 Å². The minimum Gasteiger partial charge on any atom is -0.497 e. The van der Waals surface area contributed by atoms with Crippen LogP contribution in [-0.4, -0.2) is 28.4 Å². The quantitative estimate of drug-likeness (QED) is 0.272. The van der Waals surface area contributed by atoms with Crippen molar-refractivity contribution in [1.82, 2.24) is 9.55 Å². The van der Waals surface area contributed by atoms with E-state index in [2.05, 4.69) is 10.3 Å². The molecule has 0 unspecified atom stereocenters. The molecule has 9 heteroatoms. The Labute approximate surface area is 198 Å². The number of rotatable bonds is 6. The van der Waals surface area contributed by atoms with Crippen molar-refractivity contribution >= 4 is 63.1 Å². The van der Waals surface area contributed by atoms with E-state index in [0.29, 0.717) is 32.4 Å². The van der Waals surface area contributed by atoms with Gasteiger partial charge in [0, 0.05) is 21.6 Å². The van der Waals surface area contributed by atoms with E-state index in [1.165, 1.54) is 13.3 Å². The molecular formula is C23H16Cl3N3O3. The lowest BCUT2D eigenvalue weighted by Crippen LogP contribution is -2.23. The maximum absolute atomic E-state index is 13.1. The second kappa shape index (κ2) is 9.20. The number of anilines is 1. The number of carbonyl (C=O) groups is 2. The lowest BCUT2D eigenvalue weighted by Gasteiger charge is -2.10. The third-order valence-corrected chi connectivity index (χ3v) is 5.88. The maximum atomic E-state index is 13.1. The molecule has 6 nitrogen and oxygen atoms in total. The summed E-state index contributed by atoms with van der Waals surface area (Å²) < 4.78 is 7.02. The average Bonchev–Trinajstić information content (AvgIpc) is 3.06. The van der Waals surface area contributed by atoms with Crippen LogP contribution in [0.2, 0.25) is 15.2 Å². The van der Waals surface area contributed by atoms with Crippen molar-refractivity contribution in [2.75, 3.05) is 12.4 Å². The molecule has 1 amide bonds. The largest absolute Gasteiger partial charge is 0.497 e. The third kappa shape index (κ3) is 4.30. The number of nitrogens with zero attached hydrogens (tertiary/aromatic N) is 2. The van der Waals surface area contributed by atoms with Gasteiger partial charge >= 0.3 is 0 Å². The molecule has 0 saturated heterocycles. The van der Waals surface area contributed by atoms with Crippen molar-refractivity contribution in [2.24, 2.45) is 0 Å². The molecule has 0 aliphatic heterocycles. The Kier molecular flexibility index (Phi) is 6.37. The summed E-state index contributed by atoms with van der Waals surface area (Å²) in [7, 11) is 1.52. The van der Waals surface area contributed by atoms with Crippen LogP contribution in [0.15, 0.2) is 60.9 Å². The first-order valence-electron chi connectivity index (χ1n) is 9.44. The van der Waals surface area contributed by atoms with E-state index in [0.717, 1.165) is 5.56 Å². The summed E-state index contributed by atoms with van der Waals surface area (Å²) in [5.41, 5.74) is 1.88. The monoisotopic (exact) mass is 487 g/mol. The summed E-state index contributed by atoms with van der Waals surface area (Å²) in [4.78, 5) is 29.8. The van der Waals surface area contributed by atoms with Gasteiger partial charge in [0.15, 0.2) is 0 Å². The average molecular weight is 489 g/mol. The van der Waals surface area contributed by atoms with Gasteiger partial charge in [-0.2, -0.15) is 0 Å². The maximum Gasteiger partial charge on any atom is 0.296 e. The molecule has 2 aromatic heterocycles. The molecule has 0 bridgehead atoms. The van der Waals surface area contributed by atoms with E-state index in [9.17, 15) is 9.59 Å². The summed E-state index contributed by atoms with van der Waals surface area (Å²) in [6, 6.07) is 13.6. The van der Waals surface area contributed by atoms with Gasteiger partial charge in [0.05, 0.1) is 36.6 Å². The molecule has 0 fully saturated rings. The van der Waals surface area contributed by atoms with E-state index in [-0.39, 0.29) is 17.3 Å². The van der Waals surface area contributed by atoms with E-state index in [1.807, 2.05) is 0 Å². The standard InChI is InChI=1S/C23H16Cl3N3O3/c1-32-16-6-7-19-17(10-16)20(21(30)23(31)28-15-3-2-8-27-11-15)22(26)29(19)12-13-4-5-14(24)9-18(13)25/h2-11H,12H2,1H3,(H,28,31). The Bertz CT molecular complexity index is 1340. The molecule has 0 spiro atoms. The number of aromatic nitrogens is 2. The molecule has 32 heavy (non-hydrogen) atoms. The van der Waals surface area contributed by atoms with Crippen molar-refractivity contribution in [3.05, 3.63) is 87.2 Å². The number of fused-ring (bicyclic) bond motifs is 1. The number of halogens is 3. The number of benzene rings is 2. The fourth-order valence-corrected chi connectivity index (χ4v) is 4.17. The number of methoxy groups -OCH3 is 1. The summed E-state index contributed by atoms with van der Waals surface area (Å²) in [6.07, 6.45) is 3.01. The normalized spacial score (nSPS) is 10.9. The van der Waals surface area contributed by atoms with Crippen LogP contribution in [0.5, 0.6) is 5.75 Å². The Morgan fingerprint density at radius 1 is 1.09 bits per heavy atom. The van der Waals surface area contributed by atoms with Gasteiger partial charge in [-0.25, -0.2) is 0 Å². The van der Waals surface area contributed by atoms with Gasteiger partial charge in [-0.05, 0) is 48.0 Å². The van der Waals surface area contributed by atoms with E-state index < -0.39 is 11.7 Å². The second-order valence-corrected chi connectivity index (χ2v) is 8.10. The van der Waals surface area contributed by atoms with Crippen LogP contribution in [0.25, 0.3) is 10.9 Å². The molecular weight excluding hydrogens is 473 g/mol. The fraction of sp³-hybridized carbons (Fsp3) is 0.0870. The highest BCUT2D eigenvalue weighted by molar-refractivity contribution is 6.51. The van der Waals surface area contributed by atoms with Crippen LogP contribution in [-0.2, 0) is 11.3 Å². The highest BCUT2D eigenvalue weighted by Crippen LogP contribution is 2.35. The lowest BCUT2D eigenvalue weighted by molar-refractivity contribution is -0.112. The van der Waals surface area contributed by atoms with E-state index in [1.54, 1.807) is 59.3 Å². The highest BCUT2D eigenvalue weighted by atomic mass is 35.5. The summed E-state index contributed by atoms with van der Waals surface area (Å²) >= 11 is 19.0. The fourth-order valence-electron chi connectivity index (χ4n) is 3.36. The van der Waals surface area contributed by atoms with Gasteiger partial charge in [-0.15, -0.1) is 0 Å². The number of nitrogens with one attached hydrogen (secondary N) is 1. The molecule has 0 saturated carbocycles. The van der Waals surface area contributed by atoms with Gasteiger partial charge in [-0.3, -0.25) is 14.6 Å². The first kappa shape index (κ1) is 22.1. The molecule has 4 aromatic rings. The SMILES string of the molecule is COc1ccc2c(c1)c(C(=O)C(=O)Nc1cccnc1)c(Cl)n2Cc1ccc(Cl)cc1Cl. The lowest BCUT2D eigenvalue weighted by atomic mass is 10.1. The minimum atomic E-state index is -0.828. The Hall–Kier alpha value is -3.06. The van der Waals surface area contributed by atoms with Crippen LogP contribution < -0.4 is 10.1 Å². The second-order valence-electron chi connectivity index (χ2n) is 6.90. The molecule has 2 heterocycles. The molecule has 0 aliphatic carbocycles. The van der Waals surface area contributed by atoms with Crippen LogP contribution in [0.4, 0.5) is 5.69 Å². The zero-order valence-electron chi connectivity index (χ0n) is 16.7. The Morgan fingerprint density at radius 3 is 2.59 bits per heavy atom. The summed E-state index contributed by atoms with van der Waals surface area (Å²) in [5.74, 6) is -1.08. The molecule has 0 radical (unpaired) electrons. The smallest absolute Gasteiger partial charge is 0.296 e. The van der Waals surface area contributed by atoms with Gasteiger partial charge < -0.3 is 14.6 Å². The van der Waals surface area contributed by atoms with Crippen molar-refractivity contribution < 1.29 is 14.3 Å². The Morgan fingerprint density at radius 2 is 1.91 bits per heavy atom. The number of hydrogen-bond donors (Lipinski definition) is 1. The van der Waals surface area contributed by atoms with E-state index in [4.69, 9.17) is 39.5 Å². The van der Waals surface area contributed by atoms with Crippen molar-refractivity contribution in [2.45, 2.75) is 6.54 Å². The predicted molar refractivity (Wildman–Crippen MR) is 126 cm³/mol. The summed E-state index contributed by atoms with van der Waals surface area (Å²) in [6.45, 7) is 0.273. The highest BCUT2D eigenvalue weighted by Gasteiger charge is 2.27. The van der Waals surface area contributed by atoms with Crippen molar-refractivity contribution in [3.8, 4) is 5.75 Å². The molecule has 2 aromatic carbocycles. The number of pyridine rings is 1. The zero-order chi connectivity index (χ0) is 22.8. The van der Waals surface area contributed by atoms with Crippen LogP contribution in [0, 0.1) is 0 Å². The van der Waals surface area contributed by atoms with E-state index >= 15 is 0 Å². The number of ether oxygens (including phenoxy) is 1. The van der Waals surface area contributed by atoms with Crippen molar-refractivity contribution in [3.63, 3.8) is 0 Å². The van der Waals surface area contributed by atoms with Crippen LogP contribution in [0.3, 0.4) is 0 Å². The van der Waals surface area contributed by atoms with Gasteiger partial charge in [0.1, 0.15) is 10.9 Å². The van der Waals surface area contributed by atoms with Gasteiger partial charge in [-0.1, -0.05) is 40.9 Å². The third-order valence-electron chi connectivity index (χ3n) is 4.90. The number of ketones is 1. The van der Waals surface area contributed by atoms with Gasteiger partial charge in [0.25, 0.3) is 11.7 Å². The number of carbonyl (C=O) groups excluding carboxylic acids is 2. The molecule has 4 rings (SSSR count). The molecule has 1 N–H and O–H groups in total.